The molecule has 0 atom stereocenters. The van der Waals surface area contributed by atoms with Gasteiger partial charge < -0.3 is 9.80 Å². The van der Waals surface area contributed by atoms with Crippen LogP contribution < -0.4 is 9.80 Å². The summed E-state index contributed by atoms with van der Waals surface area (Å²) in [4.78, 5) is 5.04. The fraction of sp³-hybridized carbons (Fsp3) is 0.0959. The maximum absolute atomic E-state index is 2.52. The minimum Gasteiger partial charge on any atom is -0.310 e. The quantitative estimate of drug-likeness (QED) is 0.159. The van der Waals surface area contributed by atoms with Gasteiger partial charge in [0.25, 0.3) is 0 Å². The van der Waals surface area contributed by atoms with Crippen molar-refractivity contribution in [2.24, 2.45) is 0 Å². The van der Waals surface area contributed by atoms with E-state index in [0.717, 1.165) is 37.1 Å². The average molecular weight is 959 g/mol. The standard InChI is InChI=1S/C73H54N2/c1-73(2)65-22-10-9-21-59(65)62-44-55(37-42-66(62)73)48-27-34-53(35-28-48)71-60-40-38-58(75-69-25-13-7-18-51(69)32-33-52-19-8-14-26-70(52)75)46-64(60)72(56-36-29-47-15-3-4-20-54(47)43-56)61-41-39-57(45-63(61)71)74-67-23-11-5-16-49(67)30-31-50-17-6-12-24-68(50)74/h3-29,34-46H,30-33H2,1-2H3. The first-order valence-electron chi connectivity index (χ1n) is 26.7. The topological polar surface area (TPSA) is 6.48 Å². The number of hydrogen-bond acceptors (Lipinski definition) is 2. The molecule has 0 saturated heterocycles. The number of rotatable bonds is 5. The van der Waals surface area contributed by atoms with Crippen molar-refractivity contribution in [2.45, 2.75) is 44.9 Å². The van der Waals surface area contributed by atoms with Crippen molar-refractivity contribution < 1.29 is 0 Å². The van der Waals surface area contributed by atoms with E-state index in [1.807, 2.05) is 0 Å². The molecule has 0 spiro atoms. The van der Waals surface area contributed by atoms with Crippen molar-refractivity contribution in [3.8, 4) is 44.5 Å². The van der Waals surface area contributed by atoms with Crippen LogP contribution in [0.5, 0.6) is 0 Å². The molecule has 12 aromatic rings. The maximum atomic E-state index is 2.52. The molecule has 2 heteroatoms. The van der Waals surface area contributed by atoms with Crippen LogP contribution in [0, 0.1) is 0 Å². The predicted molar refractivity (Wildman–Crippen MR) is 317 cm³/mol. The van der Waals surface area contributed by atoms with Gasteiger partial charge in [-0.3, -0.25) is 0 Å². The summed E-state index contributed by atoms with van der Waals surface area (Å²) in [5, 5.41) is 7.38. The van der Waals surface area contributed by atoms with Gasteiger partial charge in [-0.2, -0.15) is 0 Å². The zero-order valence-electron chi connectivity index (χ0n) is 42.3. The van der Waals surface area contributed by atoms with E-state index in [1.165, 1.54) is 133 Å². The summed E-state index contributed by atoms with van der Waals surface area (Å²) >= 11 is 0. The Hall–Kier alpha value is -8.98. The molecular weight excluding hydrogens is 905 g/mol. The number of hydrogen-bond donors (Lipinski definition) is 0. The van der Waals surface area contributed by atoms with Gasteiger partial charge in [-0.25, -0.2) is 0 Å². The third-order valence-electron chi connectivity index (χ3n) is 17.0. The second-order valence-corrected chi connectivity index (χ2v) is 21.5. The van der Waals surface area contributed by atoms with Crippen LogP contribution in [0.25, 0.3) is 76.8 Å². The first-order chi connectivity index (χ1) is 36.9. The van der Waals surface area contributed by atoms with Gasteiger partial charge in [-0.1, -0.05) is 196 Å². The van der Waals surface area contributed by atoms with Crippen molar-refractivity contribution in [2.75, 3.05) is 9.80 Å². The summed E-state index contributed by atoms with van der Waals surface area (Å²) < 4.78 is 0. The summed E-state index contributed by atoms with van der Waals surface area (Å²) in [6.07, 6.45) is 3.98. The second kappa shape index (κ2) is 17.0. The van der Waals surface area contributed by atoms with E-state index in [1.54, 1.807) is 0 Å². The maximum Gasteiger partial charge on any atom is 0.0493 e. The van der Waals surface area contributed by atoms with Gasteiger partial charge in [-0.15, -0.1) is 0 Å². The molecule has 356 valence electrons. The predicted octanol–water partition coefficient (Wildman–Crippen LogP) is 19.6. The van der Waals surface area contributed by atoms with Crippen LogP contribution in [0.3, 0.4) is 0 Å². The normalized spacial score (nSPS) is 14.1. The Bertz CT molecular complexity index is 4200. The fourth-order valence-corrected chi connectivity index (χ4v) is 13.3. The van der Waals surface area contributed by atoms with Crippen molar-refractivity contribution in [3.63, 3.8) is 0 Å². The summed E-state index contributed by atoms with van der Waals surface area (Å²) in [5.41, 5.74) is 25.5. The molecule has 2 aliphatic heterocycles. The Labute approximate surface area is 439 Å². The Kier molecular flexibility index (Phi) is 9.91. The van der Waals surface area contributed by atoms with Crippen molar-refractivity contribution in [3.05, 3.63) is 276 Å². The molecule has 0 radical (unpaired) electrons. The highest BCUT2D eigenvalue weighted by Gasteiger charge is 2.35. The van der Waals surface area contributed by atoms with Gasteiger partial charge in [-0.05, 0) is 197 Å². The van der Waals surface area contributed by atoms with Crippen LogP contribution in [-0.2, 0) is 31.1 Å². The molecule has 0 bridgehead atoms. The lowest BCUT2D eigenvalue weighted by Gasteiger charge is -2.29. The van der Waals surface area contributed by atoms with Gasteiger partial charge in [0.05, 0.1) is 0 Å². The van der Waals surface area contributed by atoms with E-state index < -0.39 is 0 Å². The summed E-state index contributed by atoms with van der Waals surface area (Å²) in [7, 11) is 0. The van der Waals surface area contributed by atoms with Crippen molar-refractivity contribution in [1.29, 1.82) is 0 Å². The highest BCUT2D eigenvalue weighted by Crippen LogP contribution is 2.52. The van der Waals surface area contributed by atoms with E-state index in [0.29, 0.717) is 0 Å². The Balaban J connectivity index is 1.00. The minimum absolute atomic E-state index is 0.0361. The van der Waals surface area contributed by atoms with Crippen LogP contribution in [0.15, 0.2) is 243 Å². The molecule has 15 rings (SSSR count). The van der Waals surface area contributed by atoms with Gasteiger partial charge in [0.2, 0.25) is 0 Å². The average Bonchev–Trinajstić information content (AvgIpc) is 3.64. The van der Waals surface area contributed by atoms with Gasteiger partial charge in [0, 0.05) is 39.5 Å². The molecule has 0 amide bonds. The summed E-state index contributed by atoms with van der Waals surface area (Å²) in [5.74, 6) is 0. The van der Waals surface area contributed by atoms with E-state index >= 15 is 0 Å². The van der Waals surface area contributed by atoms with E-state index in [-0.39, 0.29) is 5.41 Å². The highest BCUT2D eigenvalue weighted by atomic mass is 15.2. The molecule has 2 heterocycles. The van der Waals surface area contributed by atoms with Gasteiger partial charge in [0.1, 0.15) is 0 Å². The van der Waals surface area contributed by atoms with E-state index in [9.17, 15) is 0 Å². The number of benzene rings is 12. The summed E-state index contributed by atoms with van der Waals surface area (Å²) in [6, 6.07) is 92.0. The molecule has 12 aromatic carbocycles. The second-order valence-electron chi connectivity index (χ2n) is 21.5. The Morgan fingerprint density at radius 2 is 0.720 bits per heavy atom. The monoisotopic (exact) mass is 958 g/mol. The minimum atomic E-state index is -0.0361. The van der Waals surface area contributed by atoms with E-state index in [2.05, 4.69) is 266 Å². The largest absolute Gasteiger partial charge is 0.310 e. The lowest BCUT2D eigenvalue weighted by Crippen LogP contribution is -2.14. The molecule has 0 N–H and O–H groups in total. The van der Waals surface area contributed by atoms with Crippen LogP contribution in [0.2, 0.25) is 0 Å². The molecule has 1 aliphatic carbocycles. The number of para-hydroxylation sites is 4. The SMILES string of the molecule is CC1(C)c2ccccc2-c2cc(-c3ccc(-c4c5ccc(N6c7ccccc7CCc7ccccc76)cc5c(-c5ccc6ccccc6c5)c5ccc(N6c7ccccc7CCc7ccccc76)cc45)cc3)ccc21. The zero-order valence-corrected chi connectivity index (χ0v) is 42.3. The number of aryl methyl sites for hydroxylation is 4. The first kappa shape index (κ1) is 43.6. The van der Waals surface area contributed by atoms with Gasteiger partial charge in [0.15, 0.2) is 0 Å². The number of fused-ring (bicyclic) bond motifs is 10. The molecule has 0 fully saturated rings. The molecular formula is C73H54N2. The Morgan fingerprint density at radius 1 is 0.293 bits per heavy atom. The van der Waals surface area contributed by atoms with Crippen LogP contribution >= 0.6 is 0 Å². The van der Waals surface area contributed by atoms with Crippen molar-refractivity contribution in [1.82, 2.24) is 0 Å². The fourth-order valence-electron chi connectivity index (χ4n) is 13.3. The molecule has 3 aliphatic rings. The lowest BCUT2D eigenvalue weighted by atomic mass is 9.82. The summed E-state index contributed by atoms with van der Waals surface area (Å²) in [6.45, 7) is 4.72. The third-order valence-corrected chi connectivity index (χ3v) is 17.0. The molecule has 0 aromatic heterocycles. The van der Waals surface area contributed by atoms with Gasteiger partial charge >= 0.3 is 0 Å². The first-order valence-corrected chi connectivity index (χ1v) is 26.7. The van der Waals surface area contributed by atoms with Crippen LogP contribution in [0.4, 0.5) is 34.1 Å². The Morgan fingerprint density at radius 3 is 1.28 bits per heavy atom. The van der Waals surface area contributed by atoms with Crippen LogP contribution in [0.1, 0.15) is 47.2 Å². The van der Waals surface area contributed by atoms with E-state index in [4.69, 9.17) is 0 Å². The molecule has 2 nitrogen and oxygen atoms in total. The number of anilines is 6. The third kappa shape index (κ3) is 6.93. The van der Waals surface area contributed by atoms with Crippen molar-refractivity contribution >= 4 is 66.4 Å². The molecule has 0 saturated carbocycles. The molecule has 0 unspecified atom stereocenters. The molecule has 75 heavy (non-hydrogen) atoms. The highest BCUT2D eigenvalue weighted by molar-refractivity contribution is 6.23. The zero-order chi connectivity index (χ0) is 49.8. The van der Waals surface area contributed by atoms with Crippen LogP contribution in [-0.4, -0.2) is 0 Å². The lowest BCUT2D eigenvalue weighted by molar-refractivity contribution is 0.660. The smallest absolute Gasteiger partial charge is 0.0493 e. The number of nitrogens with zero attached hydrogens (tertiary/aromatic N) is 2.